The van der Waals surface area contributed by atoms with Crippen LogP contribution in [-0.4, -0.2) is 44.5 Å². The van der Waals surface area contributed by atoms with Gasteiger partial charge in [0.05, 0.1) is 22.9 Å². The van der Waals surface area contributed by atoms with Crippen molar-refractivity contribution in [2.45, 2.75) is 20.4 Å². The average molecular weight is 275 g/mol. The summed E-state index contributed by atoms with van der Waals surface area (Å²) in [5, 5.41) is 9.22. The van der Waals surface area contributed by atoms with Crippen molar-refractivity contribution in [2.75, 3.05) is 13.1 Å². The van der Waals surface area contributed by atoms with Crippen LogP contribution in [0.25, 0.3) is 11.0 Å². The summed E-state index contributed by atoms with van der Waals surface area (Å²) in [7, 11) is 0. The van der Waals surface area contributed by atoms with E-state index in [1.165, 1.54) is 12.4 Å². The van der Waals surface area contributed by atoms with Crippen molar-refractivity contribution in [3.63, 3.8) is 0 Å². The van der Waals surface area contributed by atoms with E-state index in [1.54, 1.807) is 21.6 Å². The first-order chi connectivity index (χ1) is 9.58. The number of para-hydroxylation sites is 1. The Morgan fingerprint density at radius 1 is 1.30 bits per heavy atom. The second-order valence-electron chi connectivity index (χ2n) is 4.42. The maximum atomic E-state index is 12.1. The zero-order valence-electron chi connectivity index (χ0n) is 11.5. The minimum absolute atomic E-state index is 0.0468. The van der Waals surface area contributed by atoms with Crippen LogP contribution in [-0.2, 0) is 11.3 Å². The first-order valence-electron chi connectivity index (χ1n) is 6.53. The van der Waals surface area contributed by atoms with Crippen molar-refractivity contribution in [3.8, 4) is 0 Å². The SMILES string of the molecule is CCN(CC)C(=O)Cn1cnc2cccc(C(=O)O)c21. The number of aromatic carboxylic acids is 1. The highest BCUT2D eigenvalue weighted by atomic mass is 16.4. The van der Waals surface area contributed by atoms with Gasteiger partial charge in [-0.1, -0.05) is 6.07 Å². The van der Waals surface area contributed by atoms with Crippen LogP contribution in [0.3, 0.4) is 0 Å². The van der Waals surface area contributed by atoms with Gasteiger partial charge in [-0.15, -0.1) is 0 Å². The van der Waals surface area contributed by atoms with Gasteiger partial charge in [0.1, 0.15) is 6.54 Å². The molecule has 106 valence electrons. The first kappa shape index (κ1) is 14.0. The lowest BCUT2D eigenvalue weighted by atomic mass is 10.2. The number of fused-ring (bicyclic) bond motifs is 1. The molecule has 0 bridgehead atoms. The molecule has 0 aliphatic rings. The number of imidazole rings is 1. The highest BCUT2D eigenvalue weighted by Gasteiger charge is 2.16. The van der Waals surface area contributed by atoms with Crippen molar-refractivity contribution >= 4 is 22.9 Å². The predicted octanol–water partition coefficient (Wildman–Crippen LogP) is 1.60. The van der Waals surface area contributed by atoms with Gasteiger partial charge in [0, 0.05) is 13.1 Å². The van der Waals surface area contributed by atoms with E-state index in [9.17, 15) is 14.7 Å². The van der Waals surface area contributed by atoms with Crippen molar-refractivity contribution in [3.05, 3.63) is 30.1 Å². The quantitative estimate of drug-likeness (QED) is 0.899. The Morgan fingerprint density at radius 3 is 2.60 bits per heavy atom. The van der Waals surface area contributed by atoms with Crippen LogP contribution in [0, 0.1) is 0 Å². The molecule has 0 radical (unpaired) electrons. The Morgan fingerprint density at radius 2 is 2.00 bits per heavy atom. The van der Waals surface area contributed by atoms with Crippen LogP contribution in [0.5, 0.6) is 0 Å². The van der Waals surface area contributed by atoms with E-state index in [4.69, 9.17) is 0 Å². The Balaban J connectivity index is 2.40. The number of nitrogens with zero attached hydrogens (tertiary/aromatic N) is 3. The summed E-state index contributed by atoms with van der Waals surface area (Å²) in [6, 6.07) is 4.90. The zero-order valence-corrected chi connectivity index (χ0v) is 11.5. The van der Waals surface area contributed by atoms with Crippen LogP contribution >= 0.6 is 0 Å². The molecule has 6 nitrogen and oxygen atoms in total. The fourth-order valence-electron chi connectivity index (χ4n) is 2.24. The molecule has 0 unspecified atom stereocenters. The number of likely N-dealkylation sites (N-methyl/N-ethyl adjacent to an activating group) is 1. The molecule has 0 saturated carbocycles. The van der Waals surface area contributed by atoms with Gasteiger partial charge >= 0.3 is 5.97 Å². The third-order valence-corrected chi connectivity index (χ3v) is 3.29. The van der Waals surface area contributed by atoms with Crippen LogP contribution in [0.15, 0.2) is 24.5 Å². The topological polar surface area (TPSA) is 75.4 Å². The second kappa shape index (κ2) is 5.73. The Kier molecular flexibility index (Phi) is 4.02. The highest BCUT2D eigenvalue weighted by molar-refractivity contribution is 6.01. The van der Waals surface area contributed by atoms with Crippen LogP contribution in [0.1, 0.15) is 24.2 Å². The van der Waals surface area contributed by atoms with Crippen LogP contribution in [0.2, 0.25) is 0 Å². The molecule has 2 aromatic rings. The van der Waals surface area contributed by atoms with E-state index in [1.807, 2.05) is 13.8 Å². The summed E-state index contributed by atoms with van der Waals surface area (Å²) >= 11 is 0. The summed E-state index contributed by atoms with van der Waals surface area (Å²) in [6.07, 6.45) is 1.51. The molecular formula is C14H17N3O3. The summed E-state index contributed by atoms with van der Waals surface area (Å²) in [4.78, 5) is 29.2. The summed E-state index contributed by atoms with van der Waals surface area (Å²) in [6.45, 7) is 5.19. The lowest BCUT2D eigenvalue weighted by molar-refractivity contribution is -0.131. The number of carboxylic acid groups (broad SMARTS) is 1. The number of carbonyl (C=O) groups is 2. The van der Waals surface area contributed by atoms with Gasteiger partial charge in [-0.25, -0.2) is 9.78 Å². The molecule has 2 rings (SSSR count). The third kappa shape index (κ3) is 2.49. The number of carbonyl (C=O) groups excluding carboxylic acids is 1. The highest BCUT2D eigenvalue weighted by Crippen LogP contribution is 2.18. The van der Waals surface area contributed by atoms with Gasteiger partial charge in [0.2, 0.25) is 5.91 Å². The van der Waals surface area contributed by atoms with Gasteiger partial charge in [-0.05, 0) is 26.0 Å². The standard InChI is InChI=1S/C14H17N3O3/c1-3-16(4-2)12(18)8-17-9-15-11-7-5-6-10(13(11)17)14(19)20/h5-7,9H,3-4,8H2,1-2H3,(H,19,20). The number of benzene rings is 1. The van der Waals surface area contributed by atoms with E-state index >= 15 is 0 Å². The molecule has 1 heterocycles. The molecule has 0 spiro atoms. The summed E-state index contributed by atoms with van der Waals surface area (Å²) in [5.41, 5.74) is 1.23. The number of hydrogen-bond donors (Lipinski definition) is 1. The summed E-state index contributed by atoms with van der Waals surface area (Å²) < 4.78 is 1.60. The fourth-order valence-corrected chi connectivity index (χ4v) is 2.24. The van der Waals surface area contributed by atoms with Gasteiger partial charge in [-0.2, -0.15) is 0 Å². The molecule has 1 aromatic heterocycles. The van der Waals surface area contributed by atoms with E-state index in [0.717, 1.165) is 0 Å². The summed E-state index contributed by atoms with van der Waals surface area (Å²) in [5.74, 6) is -1.07. The molecule has 1 amide bonds. The number of aromatic nitrogens is 2. The lowest BCUT2D eigenvalue weighted by Gasteiger charge is -2.19. The molecule has 1 aromatic carbocycles. The van der Waals surface area contributed by atoms with Crippen molar-refractivity contribution in [1.29, 1.82) is 0 Å². The maximum Gasteiger partial charge on any atom is 0.337 e. The molecular weight excluding hydrogens is 258 g/mol. The minimum atomic E-state index is -1.02. The molecule has 0 fully saturated rings. The van der Waals surface area contributed by atoms with Gasteiger partial charge in [0.25, 0.3) is 0 Å². The average Bonchev–Trinajstić information content (AvgIpc) is 2.83. The van der Waals surface area contributed by atoms with E-state index in [0.29, 0.717) is 24.1 Å². The number of rotatable bonds is 5. The van der Waals surface area contributed by atoms with Crippen LogP contribution < -0.4 is 0 Å². The molecule has 20 heavy (non-hydrogen) atoms. The smallest absolute Gasteiger partial charge is 0.337 e. The normalized spacial score (nSPS) is 10.7. The van der Waals surface area contributed by atoms with E-state index < -0.39 is 5.97 Å². The van der Waals surface area contributed by atoms with Crippen molar-refractivity contribution in [1.82, 2.24) is 14.5 Å². The van der Waals surface area contributed by atoms with Crippen LogP contribution in [0.4, 0.5) is 0 Å². The van der Waals surface area contributed by atoms with Gasteiger partial charge in [0.15, 0.2) is 0 Å². The monoisotopic (exact) mass is 275 g/mol. The van der Waals surface area contributed by atoms with Gasteiger partial charge in [-0.3, -0.25) is 4.79 Å². The molecule has 0 saturated heterocycles. The lowest BCUT2D eigenvalue weighted by Crippen LogP contribution is -2.33. The minimum Gasteiger partial charge on any atom is -0.478 e. The Hall–Kier alpha value is -2.37. The fraction of sp³-hybridized carbons (Fsp3) is 0.357. The predicted molar refractivity (Wildman–Crippen MR) is 74.6 cm³/mol. The molecule has 6 heteroatoms. The van der Waals surface area contributed by atoms with Crippen molar-refractivity contribution in [2.24, 2.45) is 0 Å². The Labute approximate surface area is 116 Å². The van der Waals surface area contributed by atoms with E-state index in [2.05, 4.69) is 4.98 Å². The molecule has 1 N–H and O–H groups in total. The van der Waals surface area contributed by atoms with E-state index in [-0.39, 0.29) is 18.0 Å². The van der Waals surface area contributed by atoms with Gasteiger partial charge < -0.3 is 14.6 Å². The zero-order chi connectivity index (χ0) is 14.7. The molecule has 0 aliphatic heterocycles. The third-order valence-electron chi connectivity index (χ3n) is 3.29. The first-order valence-corrected chi connectivity index (χ1v) is 6.53. The second-order valence-corrected chi connectivity index (χ2v) is 4.42. The largest absolute Gasteiger partial charge is 0.478 e. The number of carboxylic acids is 1. The Bertz CT molecular complexity index is 644. The molecule has 0 atom stereocenters. The maximum absolute atomic E-state index is 12.1. The number of hydrogen-bond acceptors (Lipinski definition) is 3. The number of amides is 1. The van der Waals surface area contributed by atoms with Crippen molar-refractivity contribution < 1.29 is 14.7 Å². The molecule has 0 aliphatic carbocycles.